The molecular formula is C10H15N5. The number of aromatic nitrogens is 3. The molecule has 0 amide bonds. The Balaban J connectivity index is 2.45. The number of rotatable bonds is 3. The lowest BCUT2D eigenvalue weighted by atomic mass is 10.4. The zero-order valence-corrected chi connectivity index (χ0v) is 9.01. The summed E-state index contributed by atoms with van der Waals surface area (Å²) in [5.74, 6) is 0.936. The van der Waals surface area contributed by atoms with Crippen LogP contribution in [0.1, 0.15) is 12.6 Å². The van der Waals surface area contributed by atoms with Crippen LogP contribution >= 0.6 is 0 Å². The number of imidazole rings is 1. The minimum Gasteiger partial charge on any atom is -0.359 e. The highest BCUT2D eigenvalue weighted by Crippen LogP contribution is 2.10. The van der Waals surface area contributed by atoms with Crippen LogP contribution in [-0.4, -0.2) is 28.2 Å². The number of nitrogens with zero attached hydrogens (tertiary/aromatic N) is 4. The van der Waals surface area contributed by atoms with Crippen LogP contribution in [0.15, 0.2) is 18.3 Å². The number of hydrogen-bond donors (Lipinski definition) is 1. The molecular weight excluding hydrogens is 190 g/mol. The van der Waals surface area contributed by atoms with E-state index in [2.05, 4.69) is 21.9 Å². The van der Waals surface area contributed by atoms with Crippen molar-refractivity contribution in [3.8, 4) is 0 Å². The van der Waals surface area contributed by atoms with Crippen LogP contribution in [-0.2, 0) is 6.54 Å². The summed E-state index contributed by atoms with van der Waals surface area (Å²) in [6, 6.07) is 3.92. The third-order valence-electron chi connectivity index (χ3n) is 2.43. The Morgan fingerprint density at radius 3 is 2.93 bits per heavy atom. The molecule has 5 nitrogen and oxygen atoms in total. The van der Waals surface area contributed by atoms with Gasteiger partial charge in [-0.1, -0.05) is 0 Å². The Morgan fingerprint density at radius 2 is 2.27 bits per heavy atom. The van der Waals surface area contributed by atoms with Crippen LogP contribution in [0.5, 0.6) is 0 Å². The van der Waals surface area contributed by atoms with Gasteiger partial charge in [0.15, 0.2) is 5.65 Å². The van der Waals surface area contributed by atoms with Crippen molar-refractivity contribution in [3.63, 3.8) is 0 Å². The quantitative estimate of drug-likeness (QED) is 0.799. The fourth-order valence-electron chi connectivity index (χ4n) is 1.38. The topological polar surface area (TPSA) is 59.5 Å². The summed E-state index contributed by atoms with van der Waals surface area (Å²) in [5, 5.41) is 4.44. The summed E-state index contributed by atoms with van der Waals surface area (Å²) in [5.41, 5.74) is 7.22. The molecule has 0 spiro atoms. The van der Waals surface area contributed by atoms with Gasteiger partial charge in [0.05, 0.1) is 11.9 Å². The van der Waals surface area contributed by atoms with Crippen molar-refractivity contribution < 1.29 is 0 Å². The highest BCUT2D eigenvalue weighted by molar-refractivity contribution is 5.46. The summed E-state index contributed by atoms with van der Waals surface area (Å²) in [6.07, 6.45) is 1.86. The Morgan fingerprint density at radius 1 is 1.47 bits per heavy atom. The van der Waals surface area contributed by atoms with E-state index in [1.54, 1.807) is 4.52 Å². The Kier molecular flexibility index (Phi) is 2.55. The molecule has 0 unspecified atom stereocenters. The van der Waals surface area contributed by atoms with E-state index in [0.717, 1.165) is 23.7 Å². The Labute approximate surface area is 88.5 Å². The number of nitrogens with two attached hydrogens (primary N) is 1. The van der Waals surface area contributed by atoms with E-state index >= 15 is 0 Å². The van der Waals surface area contributed by atoms with Gasteiger partial charge in [-0.15, -0.1) is 5.10 Å². The minimum atomic E-state index is 0.447. The lowest BCUT2D eigenvalue weighted by Crippen LogP contribution is -2.18. The zero-order valence-electron chi connectivity index (χ0n) is 9.01. The average Bonchev–Trinajstić information content (AvgIpc) is 2.69. The average molecular weight is 205 g/mol. The largest absolute Gasteiger partial charge is 0.359 e. The van der Waals surface area contributed by atoms with Gasteiger partial charge in [0.1, 0.15) is 5.82 Å². The van der Waals surface area contributed by atoms with E-state index < -0.39 is 0 Å². The fraction of sp³-hybridized carbons (Fsp3) is 0.400. The number of anilines is 1. The summed E-state index contributed by atoms with van der Waals surface area (Å²) < 4.78 is 1.77. The molecule has 0 atom stereocenters. The molecule has 2 aromatic rings. The first-order chi connectivity index (χ1) is 7.24. The first-order valence-electron chi connectivity index (χ1n) is 5.01. The smallest absolute Gasteiger partial charge is 0.153 e. The summed E-state index contributed by atoms with van der Waals surface area (Å²) in [6.45, 7) is 3.46. The van der Waals surface area contributed by atoms with Gasteiger partial charge in [-0.3, -0.25) is 0 Å². The maximum absolute atomic E-state index is 5.52. The second kappa shape index (κ2) is 3.86. The second-order valence-corrected chi connectivity index (χ2v) is 3.44. The number of hydrogen-bond acceptors (Lipinski definition) is 4. The lowest BCUT2D eigenvalue weighted by molar-refractivity contribution is 0.860. The molecule has 0 radical (unpaired) electrons. The van der Waals surface area contributed by atoms with Gasteiger partial charge in [-0.25, -0.2) is 9.50 Å². The Hall–Kier alpha value is -1.62. The maximum atomic E-state index is 5.52. The Bertz CT molecular complexity index is 462. The monoisotopic (exact) mass is 205 g/mol. The van der Waals surface area contributed by atoms with Crippen molar-refractivity contribution in [3.05, 3.63) is 24.0 Å². The van der Waals surface area contributed by atoms with Gasteiger partial charge in [0.25, 0.3) is 0 Å². The van der Waals surface area contributed by atoms with E-state index in [9.17, 15) is 0 Å². The molecule has 0 bridgehead atoms. The van der Waals surface area contributed by atoms with Crippen molar-refractivity contribution in [1.82, 2.24) is 14.6 Å². The molecule has 0 aliphatic rings. The maximum Gasteiger partial charge on any atom is 0.153 e. The number of fused-ring (bicyclic) bond motifs is 1. The van der Waals surface area contributed by atoms with Crippen molar-refractivity contribution in [2.45, 2.75) is 13.5 Å². The zero-order chi connectivity index (χ0) is 10.8. The molecule has 5 heteroatoms. The van der Waals surface area contributed by atoms with Crippen LogP contribution in [0.2, 0.25) is 0 Å². The fourth-order valence-corrected chi connectivity index (χ4v) is 1.38. The predicted octanol–water partition coefficient (Wildman–Crippen LogP) is 0.644. The van der Waals surface area contributed by atoms with Crippen molar-refractivity contribution in [2.75, 3.05) is 18.5 Å². The van der Waals surface area contributed by atoms with E-state index in [4.69, 9.17) is 5.73 Å². The molecule has 2 aromatic heterocycles. The molecule has 15 heavy (non-hydrogen) atoms. The molecule has 2 heterocycles. The first kappa shape index (κ1) is 9.92. The van der Waals surface area contributed by atoms with Gasteiger partial charge in [0.2, 0.25) is 0 Å². The summed E-state index contributed by atoms with van der Waals surface area (Å²) >= 11 is 0. The SMILES string of the molecule is CCN(C)c1ccc2nc(CN)cn2n1. The molecule has 0 fully saturated rings. The third kappa shape index (κ3) is 1.78. The van der Waals surface area contributed by atoms with Gasteiger partial charge in [-0.05, 0) is 19.1 Å². The van der Waals surface area contributed by atoms with Gasteiger partial charge < -0.3 is 10.6 Å². The van der Waals surface area contributed by atoms with Crippen molar-refractivity contribution in [1.29, 1.82) is 0 Å². The van der Waals surface area contributed by atoms with Gasteiger partial charge in [0, 0.05) is 20.1 Å². The molecule has 80 valence electrons. The van der Waals surface area contributed by atoms with Gasteiger partial charge >= 0.3 is 0 Å². The molecule has 0 saturated heterocycles. The highest BCUT2D eigenvalue weighted by atomic mass is 15.3. The normalized spacial score (nSPS) is 10.9. The molecule has 2 rings (SSSR count). The molecule has 0 aliphatic carbocycles. The minimum absolute atomic E-state index is 0.447. The van der Waals surface area contributed by atoms with Crippen LogP contribution < -0.4 is 10.6 Å². The van der Waals surface area contributed by atoms with E-state index in [0.29, 0.717) is 6.54 Å². The summed E-state index contributed by atoms with van der Waals surface area (Å²) in [4.78, 5) is 6.39. The van der Waals surface area contributed by atoms with E-state index in [-0.39, 0.29) is 0 Å². The van der Waals surface area contributed by atoms with E-state index in [1.807, 2.05) is 25.4 Å². The first-order valence-corrected chi connectivity index (χ1v) is 5.01. The third-order valence-corrected chi connectivity index (χ3v) is 2.43. The standard InChI is InChI=1S/C10H15N5/c1-3-14(2)10-5-4-9-12-8(6-11)7-15(9)13-10/h4-5,7H,3,6,11H2,1-2H3. The van der Waals surface area contributed by atoms with Crippen LogP contribution in [0.25, 0.3) is 5.65 Å². The molecule has 0 aromatic carbocycles. The molecule has 0 saturated carbocycles. The highest BCUT2D eigenvalue weighted by Gasteiger charge is 2.04. The molecule has 0 aliphatic heterocycles. The predicted molar refractivity (Wildman–Crippen MR) is 59.8 cm³/mol. The molecule has 2 N–H and O–H groups in total. The van der Waals surface area contributed by atoms with Crippen molar-refractivity contribution >= 4 is 11.5 Å². The lowest BCUT2D eigenvalue weighted by Gasteiger charge is -2.14. The van der Waals surface area contributed by atoms with Crippen LogP contribution in [0, 0.1) is 0 Å². The van der Waals surface area contributed by atoms with Crippen LogP contribution in [0.4, 0.5) is 5.82 Å². The van der Waals surface area contributed by atoms with Crippen LogP contribution in [0.3, 0.4) is 0 Å². The second-order valence-electron chi connectivity index (χ2n) is 3.44. The van der Waals surface area contributed by atoms with Gasteiger partial charge in [-0.2, -0.15) is 0 Å². The van der Waals surface area contributed by atoms with Crippen molar-refractivity contribution in [2.24, 2.45) is 5.73 Å². The van der Waals surface area contributed by atoms with E-state index in [1.165, 1.54) is 0 Å². The summed E-state index contributed by atoms with van der Waals surface area (Å²) in [7, 11) is 2.01.